The molecule has 3 N–H and O–H groups in total. The number of carbonyl (C=O) groups is 1. The van der Waals surface area contributed by atoms with E-state index in [0.29, 0.717) is 21.3 Å². The second kappa shape index (κ2) is 9.71. The summed E-state index contributed by atoms with van der Waals surface area (Å²) >= 11 is 12.9. The summed E-state index contributed by atoms with van der Waals surface area (Å²) in [5.41, 5.74) is 2.95. The fourth-order valence-corrected chi connectivity index (χ4v) is 6.11. The molecule has 0 radical (unpaired) electrons. The zero-order chi connectivity index (χ0) is 24.5. The number of thiophene rings is 1. The van der Waals surface area contributed by atoms with Gasteiger partial charge >= 0.3 is 0 Å². The average Bonchev–Trinajstić information content (AvgIpc) is 3.10. The molecule has 0 aliphatic rings. The van der Waals surface area contributed by atoms with Gasteiger partial charge in [-0.1, -0.05) is 35.9 Å². The van der Waals surface area contributed by atoms with Gasteiger partial charge in [0.1, 0.15) is 4.88 Å². The Balaban J connectivity index is 1.42. The minimum absolute atomic E-state index is 0.0718. The molecule has 0 aliphatic carbocycles. The molecule has 10 heteroatoms. The number of halogens is 1. The number of aryl methyl sites for hydroxylation is 2. The maximum absolute atomic E-state index is 12.7. The van der Waals surface area contributed by atoms with Gasteiger partial charge in [-0.2, -0.15) is 0 Å². The summed E-state index contributed by atoms with van der Waals surface area (Å²) in [6.45, 7) is 3.81. The maximum Gasteiger partial charge on any atom is 0.269 e. The number of nitrogens with one attached hydrogen (secondary N) is 3. The Bertz CT molecular complexity index is 1490. The third-order valence-electron chi connectivity index (χ3n) is 4.86. The molecule has 3 aromatic carbocycles. The highest BCUT2D eigenvalue weighted by atomic mass is 35.5. The predicted octanol–water partition coefficient (Wildman–Crippen LogP) is 6.10. The lowest BCUT2D eigenvalue weighted by molar-refractivity contribution is 0.0982. The first-order valence-electron chi connectivity index (χ1n) is 10.1. The molecule has 0 saturated carbocycles. The van der Waals surface area contributed by atoms with Crippen molar-refractivity contribution in [2.75, 3.05) is 10.0 Å². The van der Waals surface area contributed by atoms with Crippen LogP contribution in [0.3, 0.4) is 0 Å². The van der Waals surface area contributed by atoms with Crippen molar-refractivity contribution in [3.05, 3.63) is 87.8 Å². The van der Waals surface area contributed by atoms with Crippen LogP contribution < -0.4 is 15.4 Å². The first-order chi connectivity index (χ1) is 16.1. The van der Waals surface area contributed by atoms with Crippen LogP contribution in [0.2, 0.25) is 5.02 Å². The smallest absolute Gasteiger partial charge is 0.269 e. The van der Waals surface area contributed by atoms with Crippen LogP contribution in [0, 0.1) is 13.8 Å². The van der Waals surface area contributed by atoms with Crippen molar-refractivity contribution in [1.82, 2.24) is 5.32 Å². The van der Waals surface area contributed by atoms with Gasteiger partial charge in [0.05, 0.1) is 9.92 Å². The van der Waals surface area contributed by atoms with E-state index in [2.05, 4.69) is 15.4 Å². The Morgan fingerprint density at radius 2 is 1.59 bits per heavy atom. The van der Waals surface area contributed by atoms with Crippen molar-refractivity contribution in [1.29, 1.82) is 0 Å². The third kappa shape index (κ3) is 5.39. The van der Waals surface area contributed by atoms with E-state index in [4.69, 9.17) is 23.8 Å². The van der Waals surface area contributed by atoms with Crippen molar-refractivity contribution in [3.8, 4) is 0 Å². The van der Waals surface area contributed by atoms with Crippen LogP contribution in [0.5, 0.6) is 0 Å². The van der Waals surface area contributed by atoms with E-state index in [-0.39, 0.29) is 10.0 Å². The molecule has 174 valence electrons. The predicted molar refractivity (Wildman–Crippen MR) is 144 cm³/mol. The van der Waals surface area contributed by atoms with Gasteiger partial charge in [-0.3, -0.25) is 14.8 Å². The second-order valence-electron chi connectivity index (χ2n) is 7.66. The summed E-state index contributed by atoms with van der Waals surface area (Å²) in [5.74, 6) is -0.416. The van der Waals surface area contributed by atoms with Crippen molar-refractivity contribution in [2.45, 2.75) is 18.7 Å². The van der Waals surface area contributed by atoms with Gasteiger partial charge in [0.25, 0.3) is 15.9 Å². The highest BCUT2D eigenvalue weighted by molar-refractivity contribution is 7.92. The highest BCUT2D eigenvalue weighted by Gasteiger charge is 2.18. The zero-order valence-electron chi connectivity index (χ0n) is 18.2. The number of thiocarbonyl (C=S) groups is 1. The molecule has 0 atom stereocenters. The van der Waals surface area contributed by atoms with Crippen LogP contribution in [0.4, 0.5) is 11.4 Å². The van der Waals surface area contributed by atoms with Gasteiger partial charge in [0.15, 0.2) is 5.11 Å². The maximum atomic E-state index is 12.7. The van der Waals surface area contributed by atoms with Gasteiger partial charge in [-0.15, -0.1) is 11.3 Å². The molecule has 4 rings (SSSR count). The Labute approximate surface area is 212 Å². The van der Waals surface area contributed by atoms with Gasteiger partial charge < -0.3 is 5.32 Å². The number of amides is 1. The van der Waals surface area contributed by atoms with E-state index in [9.17, 15) is 13.2 Å². The molecule has 1 aromatic heterocycles. The van der Waals surface area contributed by atoms with Gasteiger partial charge in [-0.25, -0.2) is 8.42 Å². The minimum Gasteiger partial charge on any atom is -0.332 e. The third-order valence-corrected chi connectivity index (χ3v) is 8.14. The average molecular weight is 530 g/mol. The molecule has 6 nitrogen and oxygen atoms in total. The molecule has 0 spiro atoms. The number of hydrogen-bond acceptors (Lipinski definition) is 5. The van der Waals surface area contributed by atoms with Crippen LogP contribution in [-0.4, -0.2) is 19.4 Å². The van der Waals surface area contributed by atoms with Crippen molar-refractivity contribution in [2.24, 2.45) is 0 Å². The highest BCUT2D eigenvalue weighted by Crippen LogP contribution is 2.35. The first-order valence-corrected chi connectivity index (χ1v) is 13.2. The van der Waals surface area contributed by atoms with Gasteiger partial charge in [0.2, 0.25) is 0 Å². The zero-order valence-corrected chi connectivity index (χ0v) is 21.4. The largest absolute Gasteiger partial charge is 0.332 e. The summed E-state index contributed by atoms with van der Waals surface area (Å²) in [6.07, 6.45) is 0. The normalized spacial score (nSPS) is 11.3. The molecule has 0 bridgehead atoms. The lowest BCUT2D eigenvalue weighted by atomic mass is 10.1. The summed E-state index contributed by atoms with van der Waals surface area (Å²) in [4.78, 5) is 13.1. The Hall–Kier alpha value is -2.98. The number of anilines is 2. The fraction of sp³-hybridized carbons (Fsp3) is 0.0833. The molecule has 1 heterocycles. The number of fused-ring (bicyclic) bond motifs is 1. The molecule has 0 saturated heterocycles. The van der Waals surface area contributed by atoms with Gasteiger partial charge in [-0.05, 0) is 79.7 Å². The molecule has 0 fully saturated rings. The van der Waals surface area contributed by atoms with Gasteiger partial charge in [0, 0.05) is 21.5 Å². The van der Waals surface area contributed by atoms with Crippen LogP contribution in [0.1, 0.15) is 20.8 Å². The van der Waals surface area contributed by atoms with E-state index < -0.39 is 15.9 Å². The van der Waals surface area contributed by atoms with Crippen LogP contribution >= 0.6 is 35.2 Å². The van der Waals surface area contributed by atoms with E-state index >= 15 is 0 Å². The first kappa shape index (κ1) is 24.2. The van der Waals surface area contributed by atoms with E-state index in [1.165, 1.54) is 23.5 Å². The van der Waals surface area contributed by atoms with Crippen LogP contribution in [-0.2, 0) is 10.0 Å². The molecule has 0 unspecified atom stereocenters. The number of benzene rings is 3. The molecule has 4 aromatic rings. The topological polar surface area (TPSA) is 87.3 Å². The molecular formula is C24H20ClN3O3S3. The minimum atomic E-state index is -3.76. The molecule has 34 heavy (non-hydrogen) atoms. The fourth-order valence-electron chi connectivity index (χ4n) is 3.45. The Morgan fingerprint density at radius 3 is 2.24 bits per heavy atom. The number of carbonyl (C=O) groups excluding carboxylic acids is 1. The van der Waals surface area contributed by atoms with Crippen molar-refractivity contribution in [3.63, 3.8) is 0 Å². The second-order valence-corrected chi connectivity index (χ2v) is 11.2. The van der Waals surface area contributed by atoms with E-state index in [1.807, 2.05) is 44.2 Å². The van der Waals surface area contributed by atoms with Crippen LogP contribution in [0.25, 0.3) is 10.1 Å². The Morgan fingerprint density at radius 1 is 0.941 bits per heavy atom. The summed E-state index contributed by atoms with van der Waals surface area (Å²) < 4.78 is 29.0. The molecule has 1 amide bonds. The number of sulfonamides is 1. The summed E-state index contributed by atoms with van der Waals surface area (Å²) in [5, 5.41) is 6.76. The molecular weight excluding hydrogens is 510 g/mol. The lowest BCUT2D eigenvalue weighted by Gasteiger charge is -2.12. The summed E-state index contributed by atoms with van der Waals surface area (Å²) in [6, 6.07) is 19.0. The monoisotopic (exact) mass is 529 g/mol. The standard InChI is InChI=1S/C24H20ClN3O3S3/c1-14-11-15(2)13-17(12-14)28-34(30,31)18-9-7-16(8-10-18)26-24(32)27-23(29)22-21(25)19-5-3-4-6-20(19)33-22/h3-13,28H,1-2H3,(H2,26,27,29,32). The van der Waals surface area contributed by atoms with Crippen molar-refractivity contribution < 1.29 is 13.2 Å². The van der Waals surface area contributed by atoms with E-state index in [1.54, 1.807) is 24.3 Å². The number of rotatable bonds is 5. The summed E-state index contributed by atoms with van der Waals surface area (Å²) in [7, 11) is -3.76. The SMILES string of the molecule is Cc1cc(C)cc(NS(=O)(=O)c2ccc(NC(=S)NC(=O)c3sc4ccccc4c3Cl)cc2)c1. The Kier molecular flexibility index (Phi) is 6.90. The number of hydrogen-bond donors (Lipinski definition) is 3. The van der Waals surface area contributed by atoms with E-state index in [0.717, 1.165) is 21.2 Å². The quantitative estimate of drug-likeness (QED) is 0.272. The van der Waals surface area contributed by atoms with Crippen molar-refractivity contribution >= 4 is 77.7 Å². The van der Waals surface area contributed by atoms with Crippen LogP contribution in [0.15, 0.2) is 71.6 Å². The molecule has 0 aliphatic heterocycles. The lowest BCUT2D eigenvalue weighted by Crippen LogP contribution is -2.33.